The summed E-state index contributed by atoms with van der Waals surface area (Å²) in [5.74, 6) is 0. The molecular weight excluding hydrogens is 224 g/mol. The van der Waals surface area contributed by atoms with E-state index in [0.29, 0.717) is 4.90 Å². The smallest absolute Gasteiger partial charge is 0.175 e. The molecule has 0 unspecified atom stereocenters. The Morgan fingerprint density at radius 2 is 1.75 bits per heavy atom. The van der Waals surface area contributed by atoms with Crippen LogP contribution in [-0.4, -0.2) is 24.6 Å². The van der Waals surface area contributed by atoms with E-state index in [-0.39, 0.29) is 0 Å². The Hall–Kier alpha value is -1.75. The number of hydrogen-bond donors (Lipinski definition) is 0. The molecule has 16 heavy (non-hydrogen) atoms. The molecule has 1 aromatic heterocycles. The van der Waals surface area contributed by atoms with Crippen LogP contribution in [0.1, 0.15) is 0 Å². The van der Waals surface area contributed by atoms with Crippen LogP contribution in [0.25, 0.3) is 11.3 Å². The zero-order valence-electron chi connectivity index (χ0n) is 8.66. The van der Waals surface area contributed by atoms with E-state index in [1.165, 1.54) is 6.26 Å². The third kappa shape index (κ3) is 2.25. The van der Waals surface area contributed by atoms with Crippen LogP contribution in [0.2, 0.25) is 0 Å². The van der Waals surface area contributed by atoms with Crippen LogP contribution in [0, 0.1) is 0 Å². The fourth-order valence-electron chi connectivity index (χ4n) is 1.32. The molecule has 4 nitrogen and oxygen atoms in total. The van der Waals surface area contributed by atoms with Crippen molar-refractivity contribution in [1.82, 2.24) is 9.97 Å². The van der Waals surface area contributed by atoms with Crippen molar-refractivity contribution in [2.45, 2.75) is 4.90 Å². The van der Waals surface area contributed by atoms with Crippen LogP contribution in [-0.2, 0) is 9.84 Å². The molecule has 0 radical (unpaired) electrons. The van der Waals surface area contributed by atoms with Gasteiger partial charge in [0.25, 0.3) is 0 Å². The Kier molecular flexibility index (Phi) is 2.70. The van der Waals surface area contributed by atoms with Crippen molar-refractivity contribution in [2.75, 3.05) is 6.26 Å². The minimum atomic E-state index is -3.14. The molecule has 82 valence electrons. The van der Waals surface area contributed by atoms with Gasteiger partial charge in [-0.15, -0.1) is 0 Å². The molecule has 0 spiro atoms. The van der Waals surface area contributed by atoms with Gasteiger partial charge in [0.1, 0.15) is 0 Å². The molecule has 1 heterocycles. The molecule has 0 saturated heterocycles. The maximum Gasteiger partial charge on any atom is 0.175 e. The summed E-state index contributed by atoms with van der Waals surface area (Å²) < 4.78 is 22.5. The van der Waals surface area contributed by atoms with Gasteiger partial charge in [0.05, 0.1) is 16.8 Å². The number of sulfone groups is 1. The highest BCUT2D eigenvalue weighted by Crippen LogP contribution is 2.18. The molecule has 0 aliphatic heterocycles. The van der Waals surface area contributed by atoms with Crippen molar-refractivity contribution in [1.29, 1.82) is 0 Å². The topological polar surface area (TPSA) is 59.9 Å². The van der Waals surface area contributed by atoms with Crippen molar-refractivity contribution >= 4 is 9.84 Å². The summed E-state index contributed by atoms with van der Waals surface area (Å²) in [6.45, 7) is 0. The molecule has 0 atom stereocenters. The molecule has 1 aromatic carbocycles. The lowest BCUT2D eigenvalue weighted by atomic mass is 10.2. The van der Waals surface area contributed by atoms with Gasteiger partial charge in [-0.05, 0) is 12.1 Å². The molecule has 2 aromatic rings. The largest absolute Gasteiger partial charge is 0.261 e. The Labute approximate surface area is 93.9 Å². The first-order chi connectivity index (χ1) is 7.57. The lowest BCUT2D eigenvalue weighted by Gasteiger charge is -2.01. The van der Waals surface area contributed by atoms with Crippen LogP contribution in [0.3, 0.4) is 0 Å². The number of hydrogen-bond acceptors (Lipinski definition) is 4. The van der Waals surface area contributed by atoms with Gasteiger partial charge in [0, 0.05) is 24.2 Å². The zero-order chi connectivity index (χ0) is 11.6. The van der Waals surface area contributed by atoms with E-state index in [1.807, 2.05) is 0 Å². The molecule has 0 fully saturated rings. The number of aromatic nitrogens is 2. The van der Waals surface area contributed by atoms with Gasteiger partial charge in [-0.3, -0.25) is 9.97 Å². The van der Waals surface area contributed by atoms with Crippen molar-refractivity contribution in [2.24, 2.45) is 0 Å². The second-order valence-corrected chi connectivity index (χ2v) is 5.40. The lowest BCUT2D eigenvalue weighted by Crippen LogP contribution is -1.96. The van der Waals surface area contributed by atoms with Gasteiger partial charge in [0.2, 0.25) is 0 Å². The molecule has 0 aliphatic carbocycles. The highest BCUT2D eigenvalue weighted by molar-refractivity contribution is 7.90. The summed E-state index contributed by atoms with van der Waals surface area (Å²) in [6, 6.07) is 6.58. The van der Waals surface area contributed by atoms with E-state index >= 15 is 0 Å². The first kappa shape index (κ1) is 10.8. The molecule has 0 saturated carbocycles. The van der Waals surface area contributed by atoms with Crippen LogP contribution < -0.4 is 0 Å². The molecule has 0 aliphatic rings. The molecule has 0 N–H and O–H groups in total. The highest BCUT2D eigenvalue weighted by atomic mass is 32.2. The van der Waals surface area contributed by atoms with Gasteiger partial charge in [-0.1, -0.05) is 12.1 Å². The first-order valence-electron chi connectivity index (χ1n) is 4.64. The standard InChI is InChI=1S/C11H10N2O2S/c1-16(14,15)10-4-2-9(3-5-10)11-8-12-6-7-13-11/h2-8H,1H3. The quantitative estimate of drug-likeness (QED) is 0.791. The second-order valence-electron chi connectivity index (χ2n) is 3.39. The Morgan fingerprint density at radius 3 is 2.25 bits per heavy atom. The van der Waals surface area contributed by atoms with Gasteiger partial charge in [0.15, 0.2) is 9.84 Å². The summed E-state index contributed by atoms with van der Waals surface area (Å²) in [4.78, 5) is 8.39. The van der Waals surface area contributed by atoms with E-state index in [0.717, 1.165) is 11.3 Å². The SMILES string of the molecule is CS(=O)(=O)c1ccc(-c2cnccn2)cc1. The van der Waals surface area contributed by atoms with E-state index in [1.54, 1.807) is 42.9 Å². The Balaban J connectivity index is 2.41. The minimum Gasteiger partial charge on any atom is -0.261 e. The monoisotopic (exact) mass is 234 g/mol. The predicted molar refractivity (Wildman–Crippen MR) is 60.6 cm³/mol. The normalized spacial score (nSPS) is 11.3. The van der Waals surface area contributed by atoms with Gasteiger partial charge in [-0.2, -0.15) is 0 Å². The molecule has 5 heteroatoms. The third-order valence-electron chi connectivity index (χ3n) is 2.14. The van der Waals surface area contributed by atoms with Crippen LogP contribution in [0.15, 0.2) is 47.8 Å². The highest BCUT2D eigenvalue weighted by Gasteiger charge is 2.06. The van der Waals surface area contributed by atoms with Gasteiger partial charge >= 0.3 is 0 Å². The van der Waals surface area contributed by atoms with E-state index in [2.05, 4.69) is 9.97 Å². The van der Waals surface area contributed by atoms with Crippen molar-refractivity contribution in [3.8, 4) is 11.3 Å². The molecule has 0 amide bonds. The van der Waals surface area contributed by atoms with Crippen molar-refractivity contribution in [3.05, 3.63) is 42.9 Å². The van der Waals surface area contributed by atoms with Gasteiger partial charge in [-0.25, -0.2) is 8.42 Å². The Bertz CT molecular complexity index is 577. The number of rotatable bonds is 2. The van der Waals surface area contributed by atoms with Crippen molar-refractivity contribution in [3.63, 3.8) is 0 Å². The van der Waals surface area contributed by atoms with Crippen molar-refractivity contribution < 1.29 is 8.42 Å². The third-order valence-corrected chi connectivity index (χ3v) is 3.27. The number of benzene rings is 1. The number of nitrogens with zero attached hydrogens (tertiary/aromatic N) is 2. The maximum atomic E-state index is 11.3. The molecule has 2 rings (SSSR count). The predicted octanol–water partition coefficient (Wildman–Crippen LogP) is 1.55. The van der Waals surface area contributed by atoms with Crippen LogP contribution in [0.4, 0.5) is 0 Å². The zero-order valence-corrected chi connectivity index (χ0v) is 9.48. The average molecular weight is 234 g/mol. The summed E-state index contributed by atoms with van der Waals surface area (Å²) in [7, 11) is -3.14. The summed E-state index contributed by atoms with van der Waals surface area (Å²) in [6.07, 6.45) is 6.01. The second kappa shape index (κ2) is 4.02. The maximum absolute atomic E-state index is 11.3. The molecular formula is C11H10N2O2S. The molecule has 0 bridgehead atoms. The van der Waals surface area contributed by atoms with Crippen LogP contribution >= 0.6 is 0 Å². The lowest BCUT2D eigenvalue weighted by molar-refractivity contribution is 0.602. The van der Waals surface area contributed by atoms with Gasteiger partial charge < -0.3 is 0 Å². The summed E-state index contributed by atoms with van der Waals surface area (Å²) in [5, 5.41) is 0. The Morgan fingerprint density at radius 1 is 1.06 bits per heavy atom. The average Bonchev–Trinajstić information content (AvgIpc) is 2.29. The van der Waals surface area contributed by atoms with E-state index in [4.69, 9.17) is 0 Å². The fraction of sp³-hybridized carbons (Fsp3) is 0.0909. The van der Waals surface area contributed by atoms with Crippen LogP contribution in [0.5, 0.6) is 0 Å². The minimum absolute atomic E-state index is 0.306. The summed E-state index contributed by atoms with van der Waals surface area (Å²) in [5.41, 5.74) is 1.57. The first-order valence-corrected chi connectivity index (χ1v) is 6.53. The fourth-order valence-corrected chi connectivity index (χ4v) is 1.95. The summed E-state index contributed by atoms with van der Waals surface area (Å²) >= 11 is 0. The van der Waals surface area contributed by atoms with E-state index < -0.39 is 9.84 Å². The van der Waals surface area contributed by atoms with E-state index in [9.17, 15) is 8.42 Å².